The first-order valence-corrected chi connectivity index (χ1v) is 8.52. The van der Waals surface area contributed by atoms with Crippen LogP contribution in [0.2, 0.25) is 0 Å². The van der Waals surface area contributed by atoms with E-state index in [0.29, 0.717) is 30.5 Å². The van der Waals surface area contributed by atoms with E-state index >= 15 is 0 Å². The topological polar surface area (TPSA) is 71.3 Å². The molecule has 1 aliphatic rings. The molecule has 0 atom stereocenters. The fourth-order valence-electron chi connectivity index (χ4n) is 2.85. The molecule has 0 saturated carbocycles. The number of halogens is 3. The monoisotopic (exact) mass is 388 g/mol. The lowest BCUT2D eigenvalue weighted by Crippen LogP contribution is -2.50. The Labute approximate surface area is 158 Å². The molecule has 0 spiro atoms. The van der Waals surface area contributed by atoms with Crippen LogP contribution in [0.15, 0.2) is 59.1 Å². The van der Waals surface area contributed by atoms with Crippen LogP contribution in [0.4, 0.5) is 23.7 Å². The Morgan fingerprint density at radius 3 is 2.39 bits per heavy atom. The van der Waals surface area contributed by atoms with E-state index in [2.05, 4.69) is 15.5 Å². The van der Waals surface area contributed by atoms with E-state index in [0.717, 1.165) is 17.7 Å². The summed E-state index contributed by atoms with van der Waals surface area (Å²) in [4.78, 5) is 18.1. The summed E-state index contributed by atoms with van der Waals surface area (Å²) in [5.41, 5.74) is 0.374. The number of amides is 2. The number of urea groups is 1. The highest BCUT2D eigenvalue weighted by Crippen LogP contribution is 2.31. The number of rotatable bonds is 3. The molecule has 1 saturated heterocycles. The molecule has 1 N–H and O–H groups in total. The predicted molar refractivity (Wildman–Crippen MR) is 94.5 cm³/mol. The highest BCUT2D eigenvalue weighted by Gasteiger charge is 2.36. The largest absolute Gasteiger partial charge is 0.416 e. The van der Waals surface area contributed by atoms with E-state index in [1.165, 1.54) is 17.0 Å². The molecular formula is C19H15F3N4O2. The first-order valence-electron chi connectivity index (χ1n) is 8.52. The average Bonchev–Trinajstić information content (AvgIpc) is 3.10. The van der Waals surface area contributed by atoms with Crippen molar-refractivity contribution in [3.63, 3.8) is 0 Å². The van der Waals surface area contributed by atoms with Crippen LogP contribution in [-0.2, 0) is 6.18 Å². The highest BCUT2D eigenvalue weighted by atomic mass is 19.4. The van der Waals surface area contributed by atoms with E-state index < -0.39 is 11.7 Å². The van der Waals surface area contributed by atoms with Crippen molar-refractivity contribution in [2.75, 3.05) is 18.4 Å². The van der Waals surface area contributed by atoms with Gasteiger partial charge < -0.3 is 14.7 Å². The van der Waals surface area contributed by atoms with Crippen LogP contribution in [0.5, 0.6) is 0 Å². The van der Waals surface area contributed by atoms with Gasteiger partial charge in [0.2, 0.25) is 11.7 Å². The normalized spacial score (nSPS) is 14.6. The number of nitrogens with zero attached hydrogens (tertiary/aromatic N) is 3. The van der Waals surface area contributed by atoms with E-state index in [1.807, 2.05) is 30.3 Å². The van der Waals surface area contributed by atoms with Gasteiger partial charge in [-0.15, -0.1) is 0 Å². The van der Waals surface area contributed by atoms with Crippen molar-refractivity contribution >= 4 is 11.7 Å². The molecule has 1 fully saturated rings. The van der Waals surface area contributed by atoms with E-state index in [-0.39, 0.29) is 11.9 Å². The van der Waals surface area contributed by atoms with Crippen LogP contribution in [0.3, 0.4) is 0 Å². The Balaban J connectivity index is 1.33. The van der Waals surface area contributed by atoms with Gasteiger partial charge in [-0.3, -0.25) is 0 Å². The van der Waals surface area contributed by atoms with Gasteiger partial charge in [0.25, 0.3) is 0 Å². The van der Waals surface area contributed by atoms with Crippen LogP contribution in [0, 0.1) is 0 Å². The fraction of sp³-hybridized carbons (Fsp3) is 0.211. The lowest BCUT2D eigenvalue weighted by Gasteiger charge is -2.36. The van der Waals surface area contributed by atoms with Crippen LogP contribution < -0.4 is 5.32 Å². The zero-order valence-corrected chi connectivity index (χ0v) is 14.5. The number of carbonyl (C=O) groups excluding carboxylic acids is 1. The zero-order valence-electron chi connectivity index (χ0n) is 14.5. The first-order chi connectivity index (χ1) is 13.4. The number of hydrogen-bond donors (Lipinski definition) is 1. The van der Waals surface area contributed by atoms with Crippen LogP contribution in [0.1, 0.15) is 17.4 Å². The van der Waals surface area contributed by atoms with Crippen molar-refractivity contribution in [1.82, 2.24) is 15.0 Å². The van der Waals surface area contributed by atoms with Gasteiger partial charge in [-0.25, -0.2) is 4.79 Å². The molecule has 4 rings (SSSR count). The second-order valence-electron chi connectivity index (χ2n) is 6.43. The summed E-state index contributed by atoms with van der Waals surface area (Å²) in [6, 6.07) is 13.3. The molecular weight excluding hydrogens is 373 g/mol. The van der Waals surface area contributed by atoms with Crippen molar-refractivity contribution in [2.24, 2.45) is 0 Å². The van der Waals surface area contributed by atoms with Gasteiger partial charge in [0.05, 0.1) is 11.5 Å². The quantitative estimate of drug-likeness (QED) is 0.723. The van der Waals surface area contributed by atoms with E-state index in [1.54, 1.807) is 0 Å². The van der Waals surface area contributed by atoms with Gasteiger partial charge in [-0.1, -0.05) is 35.5 Å². The Hall–Kier alpha value is -3.36. The molecule has 2 amide bonds. The van der Waals surface area contributed by atoms with Crippen molar-refractivity contribution in [3.8, 4) is 11.4 Å². The molecule has 0 unspecified atom stereocenters. The number of hydrogen-bond acceptors (Lipinski definition) is 4. The van der Waals surface area contributed by atoms with Crippen molar-refractivity contribution in [3.05, 3.63) is 66.1 Å². The maximum atomic E-state index is 12.6. The molecule has 2 aromatic carbocycles. The molecule has 3 aromatic rings. The van der Waals surface area contributed by atoms with Crippen LogP contribution in [-0.4, -0.2) is 34.2 Å². The molecule has 2 heterocycles. The van der Waals surface area contributed by atoms with E-state index in [9.17, 15) is 18.0 Å². The summed E-state index contributed by atoms with van der Waals surface area (Å²) in [5.74, 6) is 0.879. The molecule has 0 radical (unpaired) electrons. The summed E-state index contributed by atoms with van der Waals surface area (Å²) in [5, 5.41) is 6.54. The molecule has 6 nitrogen and oxygen atoms in total. The van der Waals surface area contributed by atoms with Gasteiger partial charge in [0, 0.05) is 24.3 Å². The summed E-state index contributed by atoms with van der Waals surface area (Å²) < 4.78 is 43.0. The number of nitrogens with one attached hydrogen (secondary N) is 1. The lowest BCUT2D eigenvalue weighted by atomic mass is 10.0. The fourth-order valence-corrected chi connectivity index (χ4v) is 2.85. The first kappa shape index (κ1) is 18.0. The predicted octanol–water partition coefficient (Wildman–Crippen LogP) is 4.39. The summed E-state index contributed by atoms with van der Waals surface area (Å²) in [7, 11) is 0. The Kier molecular flexibility index (Phi) is 4.50. The van der Waals surface area contributed by atoms with Gasteiger partial charge in [-0.05, 0) is 24.3 Å². The Morgan fingerprint density at radius 1 is 1.07 bits per heavy atom. The Bertz CT molecular complexity index is 965. The van der Waals surface area contributed by atoms with Gasteiger partial charge >= 0.3 is 12.2 Å². The highest BCUT2D eigenvalue weighted by molar-refractivity contribution is 5.90. The van der Waals surface area contributed by atoms with Gasteiger partial charge in [0.15, 0.2) is 0 Å². The number of alkyl halides is 3. The van der Waals surface area contributed by atoms with Gasteiger partial charge in [0.1, 0.15) is 0 Å². The number of anilines is 1. The van der Waals surface area contributed by atoms with Crippen molar-refractivity contribution in [1.29, 1.82) is 0 Å². The maximum absolute atomic E-state index is 12.6. The summed E-state index contributed by atoms with van der Waals surface area (Å²) in [6.45, 7) is 0.784. The van der Waals surface area contributed by atoms with Crippen LogP contribution >= 0.6 is 0 Å². The third-order valence-electron chi connectivity index (χ3n) is 4.46. The molecule has 0 bridgehead atoms. The number of benzene rings is 2. The maximum Gasteiger partial charge on any atom is 0.416 e. The third kappa shape index (κ3) is 3.68. The zero-order chi connectivity index (χ0) is 19.7. The minimum atomic E-state index is -4.41. The molecule has 1 aromatic heterocycles. The second-order valence-corrected chi connectivity index (χ2v) is 6.43. The minimum absolute atomic E-state index is 0.0664. The van der Waals surface area contributed by atoms with Crippen LogP contribution in [0.25, 0.3) is 11.4 Å². The molecule has 0 aliphatic carbocycles. The minimum Gasteiger partial charge on any atom is -0.339 e. The molecule has 28 heavy (non-hydrogen) atoms. The number of likely N-dealkylation sites (tertiary alicyclic amines) is 1. The second kappa shape index (κ2) is 6.99. The van der Waals surface area contributed by atoms with E-state index in [4.69, 9.17) is 4.52 Å². The Morgan fingerprint density at radius 2 is 1.75 bits per heavy atom. The molecule has 1 aliphatic heterocycles. The van der Waals surface area contributed by atoms with Crippen molar-refractivity contribution < 1.29 is 22.5 Å². The standard InChI is InChI=1S/C19H15F3N4O2/c20-19(21,22)14-6-8-15(9-7-14)23-18(27)26-10-13(11-26)17-24-16(25-28-17)12-4-2-1-3-5-12/h1-9,13H,10-11H2,(H,23,27). The average molecular weight is 388 g/mol. The smallest absolute Gasteiger partial charge is 0.339 e. The SMILES string of the molecule is O=C(Nc1ccc(C(F)(F)F)cc1)N1CC(c2nc(-c3ccccc3)no2)C1. The molecule has 9 heteroatoms. The summed E-state index contributed by atoms with van der Waals surface area (Å²) >= 11 is 0. The van der Waals surface area contributed by atoms with Gasteiger partial charge in [-0.2, -0.15) is 18.2 Å². The third-order valence-corrected chi connectivity index (χ3v) is 4.46. The number of carbonyl (C=O) groups is 1. The van der Waals surface area contributed by atoms with Crippen molar-refractivity contribution in [2.45, 2.75) is 12.1 Å². The lowest BCUT2D eigenvalue weighted by molar-refractivity contribution is -0.137. The molecule has 144 valence electrons. The number of aromatic nitrogens is 2. The summed E-state index contributed by atoms with van der Waals surface area (Å²) in [6.07, 6.45) is -4.41.